The maximum absolute atomic E-state index is 5.76. The van der Waals surface area contributed by atoms with Crippen molar-refractivity contribution in [2.45, 2.75) is 17.2 Å². The van der Waals surface area contributed by atoms with Gasteiger partial charge in [-0.05, 0) is 52.8 Å². The number of nitrogens with zero attached hydrogens (tertiary/aromatic N) is 4. The van der Waals surface area contributed by atoms with Crippen LogP contribution in [-0.2, 0) is 0 Å². The lowest BCUT2D eigenvalue weighted by Crippen LogP contribution is -1.83. The molecule has 5 nitrogen and oxygen atoms in total. The van der Waals surface area contributed by atoms with Gasteiger partial charge in [-0.25, -0.2) is 9.97 Å². The van der Waals surface area contributed by atoms with Crippen molar-refractivity contribution in [2.24, 2.45) is 0 Å². The molecule has 0 radical (unpaired) electrons. The van der Waals surface area contributed by atoms with Gasteiger partial charge in [0, 0.05) is 14.7 Å². The van der Waals surface area contributed by atoms with E-state index in [-0.39, 0.29) is 0 Å². The minimum Gasteiger partial charge on any atom is -0.411 e. The second-order valence-corrected chi connectivity index (χ2v) is 7.74. The summed E-state index contributed by atoms with van der Waals surface area (Å²) in [4.78, 5) is 10.8. The van der Waals surface area contributed by atoms with Crippen molar-refractivity contribution in [1.82, 2.24) is 20.2 Å². The Morgan fingerprint density at radius 1 is 1.17 bits per heavy atom. The molecule has 0 N–H and O–H groups in total. The van der Waals surface area contributed by atoms with Crippen molar-refractivity contribution < 1.29 is 4.42 Å². The molecule has 0 unspecified atom stereocenters. The molecule has 1 aromatic carbocycles. The average molecular weight is 405 g/mol. The van der Waals surface area contributed by atoms with E-state index in [1.54, 1.807) is 17.7 Å². The second-order valence-electron chi connectivity index (χ2n) is 4.71. The minimum absolute atomic E-state index is 0.458. The van der Waals surface area contributed by atoms with Gasteiger partial charge in [0.1, 0.15) is 16.2 Å². The zero-order chi connectivity index (χ0) is 15.8. The smallest absolute Gasteiger partial charge is 0.283 e. The van der Waals surface area contributed by atoms with E-state index in [0.717, 1.165) is 25.3 Å². The topological polar surface area (TPSA) is 64.7 Å². The van der Waals surface area contributed by atoms with E-state index >= 15 is 0 Å². The molecule has 0 spiro atoms. The van der Waals surface area contributed by atoms with Gasteiger partial charge in [-0.15, -0.1) is 21.5 Å². The van der Waals surface area contributed by atoms with Crippen LogP contribution in [-0.4, -0.2) is 20.2 Å². The zero-order valence-corrected chi connectivity index (χ0v) is 15.1. The van der Waals surface area contributed by atoms with E-state index < -0.39 is 0 Å². The Bertz CT molecular complexity index is 998. The molecule has 0 saturated carbocycles. The molecule has 0 aliphatic carbocycles. The molecule has 0 amide bonds. The van der Waals surface area contributed by atoms with E-state index in [0.29, 0.717) is 11.1 Å². The highest BCUT2D eigenvalue weighted by molar-refractivity contribution is 9.10. The first-order valence-electron chi connectivity index (χ1n) is 6.68. The van der Waals surface area contributed by atoms with Crippen LogP contribution in [0.3, 0.4) is 0 Å². The Morgan fingerprint density at radius 2 is 2.04 bits per heavy atom. The lowest BCUT2D eigenvalue weighted by atomic mass is 10.2. The van der Waals surface area contributed by atoms with Crippen molar-refractivity contribution in [3.8, 4) is 11.5 Å². The van der Waals surface area contributed by atoms with Gasteiger partial charge in [-0.2, -0.15) is 0 Å². The number of aryl methyl sites for hydroxylation is 1. The van der Waals surface area contributed by atoms with Crippen molar-refractivity contribution >= 4 is 49.2 Å². The summed E-state index contributed by atoms with van der Waals surface area (Å²) in [6.07, 6.45) is 1.56. The summed E-state index contributed by atoms with van der Waals surface area (Å²) < 4.78 is 6.68. The molecule has 0 aliphatic heterocycles. The van der Waals surface area contributed by atoms with Gasteiger partial charge in [-0.1, -0.05) is 12.1 Å². The third-order valence-corrected chi connectivity index (χ3v) is 5.62. The van der Waals surface area contributed by atoms with Crippen molar-refractivity contribution in [3.05, 3.63) is 46.0 Å². The largest absolute Gasteiger partial charge is 0.411 e. The maximum atomic E-state index is 5.76. The molecular formula is C15H9BrN4OS2. The van der Waals surface area contributed by atoms with Crippen LogP contribution in [0.15, 0.2) is 55.8 Å². The Kier molecular flexibility index (Phi) is 3.88. The van der Waals surface area contributed by atoms with Crippen LogP contribution in [0.4, 0.5) is 0 Å². The highest BCUT2D eigenvalue weighted by Gasteiger charge is 2.15. The summed E-state index contributed by atoms with van der Waals surface area (Å²) in [7, 11) is 0. The number of benzene rings is 1. The number of aromatic nitrogens is 4. The highest BCUT2D eigenvalue weighted by Crippen LogP contribution is 2.35. The summed E-state index contributed by atoms with van der Waals surface area (Å²) in [6.45, 7) is 2.05. The fraction of sp³-hybridized carbons (Fsp3) is 0.0667. The minimum atomic E-state index is 0.458. The molecule has 0 fully saturated rings. The maximum Gasteiger partial charge on any atom is 0.283 e. The van der Waals surface area contributed by atoms with Crippen LogP contribution < -0.4 is 0 Å². The number of rotatable bonds is 3. The highest BCUT2D eigenvalue weighted by atomic mass is 79.9. The van der Waals surface area contributed by atoms with Crippen LogP contribution in [0.5, 0.6) is 0 Å². The summed E-state index contributed by atoms with van der Waals surface area (Å²) in [5.41, 5.74) is 0.867. The van der Waals surface area contributed by atoms with Gasteiger partial charge >= 0.3 is 0 Å². The van der Waals surface area contributed by atoms with Gasteiger partial charge in [0.15, 0.2) is 0 Å². The Morgan fingerprint density at radius 3 is 2.91 bits per heavy atom. The molecule has 114 valence electrons. The number of hydrogen-bond donors (Lipinski definition) is 0. The first-order valence-corrected chi connectivity index (χ1v) is 9.11. The number of hydrogen-bond acceptors (Lipinski definition) is 7. The molecule has 0 bridgehead atoms. The molecule has 0 aliphatic rings. The third kappa shape index (κ3) is 2.89. The van der Waals surface area contributed by atoms with E-state index in [4.69, 9.17) is 4.42 Å². The van der Waals surface area contributed by atoms with E-state index in [1.165, 1.54) is 16.6 Å². The average Bonchev–Trinajstić information content (AvgIpc) is 3.14. The van der Waals surface area contributed by atoms with Gasteiger partial charge in [0.25, 0.3) is 5.22 Å². The molecule has 0 saturated heterocycles. The lowest BCUT2D eigenvalue weighted by molar-refractivity contribution is 0.465. The molecule has 0 atom stereocenters. The SMILES string of the molecule is Cc1cc2c(Sc3nnc(-c4ccccc4Br)o3)ncnc2s1. The monoisotopic (exact) mass is 404 g/mol. The van der Waals surface area contributed by atoms with E-state index in [2.05, 4.69) is 49.1 Å². The standard InChI is InChI=1S/C15H9BrN4OS2/c1-8-6-10-13(22-8)17-7-18-14(10)23-15-20-19-12(21-15)9-4-2-3-5-11(9)16/h2-7H,1H3. The number of fused-ring (bicyclic) bond motifs is 1. The summed E-state index contributed by atoms with van der Waals surface area (Å²) in [6, 6.07) is 9.81. The van der Waals surface area contributed by atoms with Gasteiger partial charge in [0.05, 0.1) is 5.56 Å². The predicted octanol–water partition coefficient (Wildman–Crippen LogP) is 4.96. The number of halogens is 1. The first kappa shape index (κ1) is 14.8. The van der Waals surface area contributed by atoms with Crippen molar-refractivity contribution in [2.75, 3.05) is 0 Å². The van der Waals surface area contributed by atoms with E-state index in [9.17, 15) is 0 Å². The molecule has 3 aromatic heterocycles. The summed E-state index contributed by atoms with van der Waals surface area (Å²) >= 11 is 6.49. The Balaban J connectivity index is 1.68. The first-order chi connectivity index (χ1) is 11.2. The Labute approximate surface area is 148 Å². The summed E-state index contributed by atoms with van der Waals surface area (Å²) in [5.74, 6) is 0.478. The van der Waals surface area contributed by atoms with Crippen LogP contribution in [0.25, 0.3) is 21.7 Å². The van der Waals surface area contributed by atoms with Gasteiger partial charge < -0.3 is 4.42 Å². The molecule has 3 heterocycles. The second kappa shape index (κ2) is 6.03. The summed E-state index contributed by atoms with van der Waals surface area (Å²) in [5, 5.41) is 10.5. The lowest BCUT2D eigenvalue weighted by Gasteiger charge is -1.98. The quantitative estimate of drug-likeness (QED) is 0.449. The molecule has 4 aromatic rings. The van der Waals surface area contributed by atoms with Crippen molar-refractivity contribution in [1.29, 1.82) is 0 Å². The van der Waals surface area contributed by atoms with Crippen LogP contribution >= 0.6 is 39.0 Å². The van der Waals surface area contributed by atoms with Crippen LogP contribution in [0.2, 0.25) is 0 Å². The van der Waals surface area contributed by atoms with Gasteiger partial charge in [0.2, 0.25) is 5.89 Å². The fourth-order valence-electron chi connectivity index (χ4n) is 2.11. The van der Waals surface area contributed by atoms with Crippen molar-refractivity contribution in [3.63, 3.8) is 0 Å². The molecule has 4 rings (SSSR count). The normalized spacial score (nSPS) is 11.2. The van der Waals surface area contributed by atoms with Crippen LogP contribution in [0.1, 0.15) is 4.88 Å². The number of thiophene rings is 1. The third-order valence-electron chi connectivity index (χ3n) is 3.11. The Hall–Kier alpha value is -1.77. The zero-order valence-electron chi connectivity index (χ0n) is 11.9. The van der Waals surface area contributed by atoms with E-state index in [1.807, 2.05) is 24.3 Å². The fourth-order valence-corrected chi connectivity index (χ4v) is 4.21. The van der Waals surface area contributed by atoms with Crippen LogP contribution in [0, 0.1) is 6.92 Å². The predicted molar refractivity (Wildman–Crippen MR) is 93.7 cm³/mol. The molecular weight excluding hydrogens is 396 g/mol. The molecule has 23 heavy (non-hydrogen) atoms. The molecule has 8 heteroatoms. The van der Waals surface area contributed by atoms with Gasteiger partial charge in [-0.3, -0.25) is 0 Å².